The number of hydrogen-bond donors (Lipinski definition) is 3. The van der Waals surface area contributed by atoms with E-state index in [1.807, 2.05) is 11.4 Å². The van der Waals surface area contributed by atoms with Crippen LogP contribution in [0.5, 0.6) is 0 Å². The fourth-order valence-corrected chi connectivity index (χ4v) is 3.70. The van der Waals surface area contributed by atoms with Gasteiger partial charge >= 0.3 is 12.0 Å². The molecule has 112 valence electrons. The largest absolute Gasteiger partial charge is 0.476 e. The molecule has 2 aromatic heterocycles. The zero-order chi connectivity index (χ0) is 15.4. The summed E-state index contributed by atoms with van der Waals surface area (Å²) >= 11 is 6.11. The molecule has 2 aromatic rings. The van der Waals surface area contributed by atoms with Crippen LogP contribution < -0.4 is 10.6 Å². The van der Waals surface area contributed by atoms with Gasteiger partial charge in [0.25, 0.3) is 0 Å². The molecule has 0 aliphatic rings. The van der Waals surface area contributed by atoms with Crippen molar-refractivity contribution >= 4 is 50.6 Å². The van der Waals surface area contributed by atoms with Crippen LogP contribution in [0.4, 0.5) is 4.79 Å². The van der Waals surface area contributed by atoms with Gasteiger partial charge in [0.2, 0.25) is 0 Å². The molecule has 0 aliphatic carbocycles. The lowest BCUT2D eigenvalue weighted by molar-refractivity contribution is 0.0691. The molecule has 0 saturated carbocycles. The van der Waals surface area contributed by atoms with Crippen molar-refractivity contribution in [3.63, 3.8) is 0 Å². The standard InChI is InChI=1S/C12H12BrN3O3S2/c1-6(10-16-9(5-21-10)11(17)18)15-12(19)14-3-8-2-7(13)4-20-8/h2,4-6H,3H2,1H3,(H,17,18)(H2,14,15,19). The van der Waals surface area contributed by atoms with E-state index in [1.165, 1.54) is 16.7 Å². The summed E-state index contributed by atoms with van der Waals surface area (Å²) in [5.74, 6) is -1.07. The zero-order valence-electron chi connectivity index (χ0n) is 10.9. The highest BCUT2D eigenvalue weighted by Gasteiger charge is 2.15. The number of carbonyl (C=O) groups excluding carboxylic acids is 1. The first-order valence-electron chi connectivity index (χ1n) is 5.91. The molecule has 0 aliphatic heterocycles. The van der Waals surface area contributed by atoms with Gasteiger partial charge in [-0.1, -0.05) is 0 Å². The smallest absolute Gasteiger partial charge is 0.355 e. The molecule has 0 aromatic carbocycles. The molecule has 2 rings (SSSR count). The Morgan fingerprint density at radius 2 is 2.19 bits per heavy atom. The molecule has 0 spiro atoms. The van der Waals surface area contributed by atoms with Crippen LogP contribution in [0, 0.1) is 0 Å². The highest BCUT2D eigenvalue weighted by Crippen LogP contribution is 2.20. The maximum absolute atomic E-state index is 11.8. The van der Waals surface area contributed by atoms with Crippen LogP contribution in [0.1, 0.15) is 33.3 Å². The maximum atomic E-state index is 11.8. The van der Waals surface area contributed by atoms with Gasteiger partial charge < -0.3 is 15.7 Å². The Hall–Kier alpha value is -1.45. The number of aromatic nitrogens is 1. The van der Waals surface area contributed by atoms with E-state index in [9.17, 15) is 9.59 Å². The zero-order valence-corrected chi connectivity index (χ0v) is 14.1. The van der Waals surface area contributed by atoms with E-state index in [0.717, 1.165) is 9.35 Å². The Balaban J connectivity index is 1.85. The number of thiophene rings is 1. The Labute approximate surface area is 137 Å². The quantitative estimate of drug-likeness (QED) is 0.731. The van der Waals surface area contributed by atoms with Crippen LogP contribution in [0.3, 0.4) is 0 Å². The topological polar surface area (TPSA) is 91.3 Å². The number of aromatic carboxylic acids is 1. The van der Waals surface area contributed by atoms with Crippen molar-refractivity contribution in [1.29, 1.82) is 0 Å². The normalized spacial score (nSPS) is 11.9. The summed E-state index contributed by atoms with van der Waals surface area (Å²) in [5.41, 5.74) is -0.00695. The third-order valence-corrected chi connectivity index (χ3v) is 5.23. The average molecular weight is 390 g/mol. The Morgan fingerprint density at radius 3 is 2.76 bits per heavy atom. The number of carbonyl (C=O) groups is 2. The molecule has 3 N–H and O–H groups in total. The monoisotopic (exact) mass is 389 g/mol. The lowest BCUT2D eigenvalue weighted by atomic mass is 10.3. The van der Waals surface area contributed by atoms with E-state index in [-0.39, 0.29) is 17.8 Å². The minimum Gasteiger partial charge on any atom is -0.476 e. The van der Waals surface area contributed by atoms with Crippen molar-refractivity contribution in [2.75, 3.05) is 0 Å². The first-order valence-corrected chi connectivity index (χ1v) is 8.47. The van der Waals surface area contributed by atoms with Crippen molar-refractivity contribution in [3.8, 4) is 0 Å². The number of rotatable bonds is 5. The minimum atomic E-state index is -1.07. The van der Waals surface area contributed by atoms with E-state index in [0.29, 0.717) is 11.6 Å². The average Bonchev–Trinajstić information content (AvgIpc) is 3.05. The summed E-state index contributed by atoms with van der Waals surface area (Å²) in [5, 5.41) is 18.2. The summed E-state index contributed by atoms with van der Waals surface area (Å²) in [6.07, 6.45) is 0. The summed E-state index contributed by atoms with van der Waals surface area (Å²) in [4.78, 5) is 27.5. The van der Waals surface area contributed by atoms with Gasteiger partial charge in [0, 0.05) is 20.1 Å². The maximum Gasteiger partial charge on any atom is 0.355 e. The van der Waals surface area contributed by atoms with Gasteiger partial charge in [0.05, 0.1) is 12.6 Å². The number of amides is 2. The molecular weight excluding hydrogens is 378 g/mol. The summed E-state index contributed by atoms with van der Waals surface area (Å²) in [6.45, 7) is 2.19. The summed E-state index contributed by atoms with van der Waals surface area (Å²) < 4.78 is 0.988. The SMILES string of the molecule is CC(NC(=O)NCc1cc(Br)cs1)c1nc(C(=O)O)cs1. The predicted molar refractivity (Wildman–Crippen MR) is 84.9 cm³/mol. The van der Waals surface area contributed by atoms with Gasteiger partial charge in [-0.05, 0) is 28.9 Å². The number of nitrogens with zero attached hydrogens (tertiary/aromatic N) is 1. The third kappa shape index (κ3) is 4.51. The molecule has 9 heteroatoms. The Kier molecular flexibility index (Phi) is 5.32. The summed E-state index contributed by atoms with van der Waals surface area (Å²) in [7, 11) is 0. The molecule has 0 fully saturated rings. The Bertz CT molecular complexity index is 656. The fraction of sp³-hybridized carbons (Fsp3) is 0.250. The minimum absolute atomic E-state index is 0.00695. The number of urea groups is 1. The van der Waals surface area contributed by atoms with Gasteiger partial charge in [-0.25, -0.2) is 14.6 Å². The number of carboxylic acid groups (broad SMARTS) is 1. The number of hydrogen-bond acceptors (Lipinski definition) is 5. The van der Waals surface area contributed by atoms with Crippen LogP contribution in [-0.4, -0.2) is 22.1 Å². The first-order chi connectivity index (χ1) is 9.95. The molecule has 2 heterocycles. The second-order valence-corrected chi connectivity index (χ2v) is 6.96. The van der Waals surface area contributed by atoms with Gasteiger partial charge in [0.1, 0.15) is 5.01 Å². The van der Waals surface area contributed by atoms with E-state index < -0.39 is 5.97 Å². The number of thiazole rings is 1. The van der Waals surface area contributed by atoms with E-state index in [4.69, 9.17) is 5.11 Å². The number of carboxylic acids is 1. The Morgan fingerprint density at radius 1 is 1.43 bits per heavy atom. The van der Waals surface area contributed by atoms with Gasteiger partial charge in [-0.3, -0.25) is 0 Å². The first kappa shape index (κ1) is 15.9. The molecule has 0 saturated heterocycles. The van der Waals surface area contributed by atoms with Crippen molar-refractivity contribution in [1.82, 2.24) is 15.6 Å². The molecule has 21 heavy (non-hydrogen) atoms. The van der Waals surface area contributed by atoms with E-state index >= 15 is 0 Å². The van der Waals surface area contributed by atoms with Gasteiger partial charge in [-0.15, -0.1) is 22.7 Å². The third-order valence-electron chi connectivity index (χ3n) is 2.50. The van der Waals surface area contributed by atoms with Gasteiger partial charge in [0.15, 0.2) is 5.69 Å². The van der Waals surface area contributed by atoms with Crippen LogP contribution in [0.15, 0.2) is 21.3 Å². The predicted octanol–water partition coefficient (Wildman–Crippen LogP) is 3.23. The van der Waals surface area contributed by atoms with E-state index in [2.05, 4.69) is 31.5 Å². The van der Waals surface area contributed by atoms with Crippen LogP contribution in [-0.2, 0) is 6.54 Å². The van der Waals surface area contributed by atoms with Crippen molar-refractivity contribution in [3.05, 3.63) is 36.9 Å². The molecule has 2 amide bonds. The molecule has 0 bridgehead atoms. The van der Waals surface area contributed by atoms with Crippen LogP contribution in [0.2, 0.25) is 0 Å². The molecule has 1 atom stereocenters. The highest BCUT2D eigenvalue weighted by molar-refractivity contribution is 9.10. The van der Waals surface area contributed by atoms with E-state index in [1.54, 1.807) is 18.3 Å². The molecular formula is C12H12BrN3O3S2. The molecule has 1 unspecified atom stereocenters. The molecule has 0 radical (unpaired) electrons. The van der Waals surface area contributed by atoms with Crippen molar-refractivity contribution in [2.24, 2.45) is 0 Å². The second-order valence-electron chi connectivity index (χ2n) is 4.16. The number of nitrogens with one attached hydrogen (secondary N) is 2. The second kappa shape index (κ2) is 7.01. The fourth-order valence-electron chi connectivity index (χ4n) is 1.51. The van der Waals surface area contributed by atoms with Crippen molar-refractivity contribution < 1.29 is 14.7 Å². The van der Waals surface area contributed by atoms with Crippen LogP contribution in [0.25, 0.3) is 0 Å². The highest BCUT2D eigenvalue weighted by atomic mass is 79.9. The lowest BCUT2D eigenvalue weighted by Gasteiger charge is -2.11. The lowest BCUT2D eigenvalue weighted by Crippen LogP contribution is -2.36. The van der Waals surface area contributed by atoms with Crippen LogP contribution >= 0.6 is 38.6 Å². The van der Waals surface area contributed by atoms with Crippen molar-refractivity contribution in [2.45, 2.75) is 19.5 Å². The summed E-state index contributed by atoms with van der Waals surface area (Å²) in [6, 6.07) is 1.27. The number of halogens is 1. The molecule has 6 nitrogen and oxygen atoms in total. The van der Waals surface area contributed by atoms with Gasteiger partial charge in [-0.2, -0.15) is 0 Å².